The highest BCUT2D eigenvalue weighted by Gasteiger charge is 2.03. The average molecular weight is 127 g/mol. The lowest BCUT2D eigenvalue weighted by Gasteiger charge is -2.01. The summed E-state index contributed by atoms with van der Waals surface area (Å²) < 4.78 is 0. The highest BCUT2D eigenvalue weighted by Crippen LogP contribution is 1.99. The maximum Gasteiger partial charge on any atom is 0.125 e. The van der Waals surface area contributed by atoms with Crippen LogP contribution >= 0.6 is 0 Å². The van der Waals surface area contributed by atoms with E-state index < -0.39 is 0 Å². The number of nitrogens with two attached hydrogens (primary N) is 1. The van der Waals surface area contributed by atoms with Crippen molar-refractivity contribution in [3.05, 3.63) is 18.2 Å². The van der Waals surface area contributed by atoms with Gasteiger partial charge >= 0.3 is 0 Å². The molecule has 1 aromatic heterocycles. The van der Waals surface area contributed by atoms with Gasteiger partial charge in [-0.2, -0.15) is 0 Å². The van der Waals surface area contributed by atoms with Crippen LogP contribution in [0.5, 0.6) is 0 Å². The van der Waals surface area contributed by atoms with E-state index in [0.29, 0.717) is 5.82 Å². The second-order valence-corrected chi connectivity index (χ2v) is 1.76. The van der Waals surface area contributed by atoms with Gasteiger partial charge in [-0.25, -0.2) is 4.98 Å². The third kappa shape index (κ3) is 1.28. The molecule has 4 heteroatoms. The summed E-state index contributed by atoms with van der Waals surface area (Å²) in [6, 6.07) is -0.375. The van der Waals surface area contributed by atoms with Crippen LogP contribution in [0.15, 0.2) is 12.4 Å². The lowest BCUT2D eigenvalue weighted by atomic mass is 10.3. The predicted molar refractivity (Wildman–Crippen MR) is 32.6 cm³/mol. The summed E-state index contributed by atoms with van der Waals surface area (Å²) in [7, 11) is 0. The first-order chi connectivity index (χ1) is 4.34. The molecule has 1 atom stereocenters. The highest BCUT2D eigenvalue weighted by molar-refractivity contribution is 4.93. The second kappa shape index (κ2) is 2.61. The number of hydrogen-bond acceptors (Lipinski definition) is 3. The van der Waals surface area contributed by atoms with Crippen molar-refractivity contribution in [2.45, 2.75) is 6.04 Å². The standard InChI is InChI=1S/C5H9N3O/c6-4(3-9)5-7-1-2-8-5/h1-2,4,9H,3,6H2,(H,7,8)/t4-/m1/s1. The van der Waals surface area contributed by atoms with Gasteiger partial charge < -0.3 is 15.8 Å². The van der Waals surface area contributed by atoms with Crippen molar-refractivity contribution in [2.24, 2.45) is 5.73 Å². The van der Waals surface area contributed by atoms with Gasteiger partial charge in [0.15, 0.2) is 0 Å². The van der Waals surface area contributed by atoms with Crippen molar-refractivity contribution in [1.82, 2.24) is 9.97 Å². The van der Waals surface area contributed by atoms with E-state index in [9.17, 15) is 0 Å². The van der Waals surface area contributed by atoms with Crippen LogP contribution in [0.1, 0.15) is 11.9 Å². The van der Waals surface area contributed by atoms with Crippen LogP contribution in [0, 0.1) is 0 Å². The summed E-state index contributed by atoms with van der Waals surface area (Å²) in [5, 5.41) is 8.52. The molecule has 0 aliphatic heterocycles. The van der Waals surface area contributed by atoms with Crippen LogP contribution < -0.4 is 5.73 Å². The van der Waals surface area contributed by atoms with Gasteiger partial charge in [-0.1, -0.05) is 0 Å². The van der Waals surface area contributed by atoms with E-state index in [-0.39, 0.29) is 12.6 Å². The van der Waals surface area contributed by atoms with E-state index in [1.807, 2.05) is 0 Å². The van der Waals surface area contributed by atoms with Gasteiger partial charge in [-0.15, -0.1) is 0 Å². The minimum Gasteiger partial charge on any atom is -0.394 e. The number of H-pyrrole nitrogens is 1. The largest absolute Gasteiger partial charge is 0.394 e. The summed E-state index contributed by atoms with van der Waals surface area (Å²) in [5.41, 5.74) is 5.39. The van der Waals surface area contributed by atoms with Gasteiger partial charge in [0.25, 0.3) is 0 Å². The topological polar surface area (TPSA) is 74.9 Å². The fraction of sp³-hybridized carbons (Fsp3) is 0.400. The van der Waals surface area contributed by atoms with Gasteiger partial charge in [-0.3, -0.25) is 0 Å². The molecule has 0 radical (unpaired) electrons. The maximum atomic E-state index is 8.52. The van der Waals surface area contributed by atoms with Crippen LogP contribution in [-0.2, 0) is 0 Å². The monoisotopic (exact) mass is 127 g/mol. The van der Waals surface area contributed by atoms with Crippen molar-refractivity contribution in [1.29, 1.82) is 0 Å². The molecule has 0 aliphatic carbocycles. The molecule has 1 aromatic rings. The van der Waals surface area contributed by atoms with Gasteiger partial charge in [0.05, 0.1) is 12.6 Å². The summed E-state index contributed by atoms with van der Waals surface area (Å²) in [4.78, 5) is 6.64. The van der Waals surface area contributed by atoms with Crippen LogP contribution in [-0.4, -0.2) is 21.7 Å². The Kier molecular flexibility index (Phi) is 1.81. The summed E-state index contributed by atoms with van der Waals surface area (Å²) in [6.07, 6.45) is 3.27. The SMILES string of the molecule is N[C@H](CO)c1ncc[nH]1. The molecule has 0 amide bonds. The number of aliphatic hydroxyl groups excluding tert-OH is 1. The molecule has 0 aromatic carbocycles. The second-order valence-electron chi connectivity index (χ2n) is 1.76. The highest BCUT2D eigenvalue weighted by atomic mass is 16.3. The number of aromatic amines is 1. The number of aliphatic hydroxyl groups is 1. The molecule has 1 rings (SSSR count). The van der Waals surface area contributed by atoms with E-state index in [1.54, 1.807) is 12.4 Å². The Labute approximate surface area is 52.7 Å². The summed E-state index contributed by atoms with van der Waals surface area (Å²) >= 11 is 0. The molecular formula is C5H9N3O. The van der Waals surface area contributed by atoms with Crippen LogP contribution in [0.4, 0.5) is 0 Å². The van der Waals surface area contributed by atoms with Crippen LogP contribution in [0.25, 0.3) is 0 Å². The molecule has 4 nitrogen and oxygen atoms in total. The normalized spacial score (nSPS) is 13.6. The molecule has 0 fully saturated rings. The number of imidazole rings is 1. The Morgan fingerprint density at radius 2 is 2.67 bits per heavy atom. The van der Waals surface area contributed by atoms with Crippen molar-refractivity contribution >= 4 is 0 Å². The molecule has 0 spiro atoms. The molecule has 0 saturated heterocycles. The van der Waals surface area contributed by atoms with E-state index in [4.69, 9.17) is 10.8 Å². The van der Waals surface area contributed by atoms with Gasteiger partial charge in [0.2, 0.25) is 0 Å². The first-order valence-electron chi connectivity index (χ1n) is 2.70. The molecule has 0 bridgehead atoms. The third-order valence-corrected chi connectivity index (χ3v) is 1.07. The van der Waals surface area contributed by atoms with Gasteiger partial charge in [0, 0.05) is 12.4 Å². The van der Waals surface area contributed by atoms with E-state index in [1.165, 1.54) is 0 Å². The van der Waals surface area contributed by atoms with Crippen LogP contribution in [0.2, 0.25) is 0 Å². The van der Waals surface area contributed by atoms with Gasteiger partial charge in [-0.05, 0) is 0 Å². The van der Waals surface area contributed by atoms with Crippen molar-refractivity contribution in [3.8, 4) is 0 Å². The fourth-order valence-corrected chi connectivity index (χ4v) is 0.567. The maximum absolute atomic E-state index is 8.52. The van der Waals surface area contributed by atoms with Crippen LogP contribution in [0.3, 0.4) is 0 Å². The Balaban J connectivity index is 2.65. The number of nitrogens with zero attached hydrogens (tertiary/aromatic N) is 1. The smallest absolute Gasteiger partial charge is 0.125 e. The molecule has 0 unspecified atom stereocenters. The lowest BCUT2D eigenvalue weighted by molar-refractivity contribution is 0.264. The third-order valence-electron chi connectivity index (χ3n) is 1.07. The molecule has 0 saturated carbocycles. The zero-order valence-corrected chi connectivity index (χ0v) is 4.91. The Bertz CT molecular complexity index is 161. The van der Waals surface area contributed by atoms with E-state index >= 15 is 0 Å². The zero-order valence-electron chi connectivity index (χ0n) is 4.91. The predicted octanol–water partition coefficient (Wildman–Crippen LogP) is -0.598. The average Bonchev–Trinajstić information content (AvgIpc) is 2.37. The quantitative estimate of drug-likeness (QED) is 0.496. The molecule has 50 valence electrons. The number of rotatable bonds is 2. The zero-order chi connectivity index (χ0) is 6.69. The molecule has 9 heavy (non-hydrogen) atoms. The fourth-order valence-electron chi connectivity index (χ4n) is 0.567. The van der Waals surface area contributed by atoms with E-state index in [2.05, 4.69) is 9.97 Å². The summed E-state index contributed by atoms with van der Waals surface area (Å²) in [5.74, 6) is 0.623. The Morgan fingerprint density at radius 1 is 1.89 bits per heavy atom. The van der Waals surface area contributed by atoms with E-state index in [0.717, 1.165) is 0 Å². The minimum atomic E-state index is -0.375. The lowest BCUT2D eigenvalue weighted by Crippen LogP contribution is -2.15. The van der Waals surface area contributed by atoms with Crippen molar-refractivity contribution in [2.75, 3.05) is 6.61 Å². The van der Waals surface area contributed by atoms with Gasteiger partial charge in [0.1, 0.15) is 5.82 Å². The molecule has 4 N–H and O–H groups in total. The molecular weight excluding hydrogens is 118 g/mol. The number of nitrogens with one attached hydrogen (secondary N) is 1. The summed E-state index contributed by atoms with van der Waals surface area (Å²) in [6.45, 7) is -0.0759. The van der Waals surface area contributed by atoms with Crippen molar-refractivity contribution in [3.63, 3.8) is 0 Å². The minimum absolute atomic E-state index is 0.0759. The first-order valence-corrected chi connectivity index (χ1v) is 2.70. The molecule has 1 heterocycles. The number of hydrogen-bond donors (Lipinski definition) is 3. The molecule has 0 aliphatic rings. The first kappa shape index (κ1) is 6.25. The Hall–Kier alpha value is -0.870. The number of aromatic nitrogens is 2. The van der Waals surface area contributed by atoms with Crippen molar-refractivity contribution < 1.29 is 5.11 Å². The Morgan fingerprint density at radius 3 is 3.11 bits per heavy atom.